The zero-order valence-corrected chi connectivity index (χ0v) is 11.5. The fourth-order valence-corrected chi connectivity index (χ4v) is 3.62. The van der Waals surface area contributed by atoms with Gasteiger partial charge in [-0.3, -0.25) is 4.79 Å². The summed E-state index contributed by atoms with van der Waals surface area (Å²) < 4.78 is 1.07. The molecule has 94 valence electrons. The highest BCUT2D eigenvalue weighted by Crippen LogP contribution is 2.45. The average molecular weight is 288 g/mol. The van der Waals surface area contributed by atoms with Crippen LogP contribution in [0, 0.1) is 0 Å². The van der Waals surface area contributed by atoms with Crippen molar-refractivity contribution in [1.29, 1.82) is 0 Å². The van der Waals surface area contributed by atoms with E-state index < -0.39 is 0 Å². The first-order valence-electron chi connectivity index (χ1n) is 5.78. The Morgan fingerprint density at radius 2 is 1.84 bits per heavy atom. The van der Waals surface area contributed by atoms with Crippen molar-refractivity contribution in [3.63, 3.8) is 0 Å². The van der Waals surface area contributed by atoms with Crippen molar-refractivity contribution in [2.45, 2.75) is 0 Å². The third-order valence-electron chi connectivity index (χ3n) is 2.90. The van der Waals surface area contributed by atoms with Gasteiger partial charge in [-0.2, -0.15) is 0 Å². The van der Waals surface area contributed by atoms with Crippen molar-refractivity contribution in [2.24, 2.45) is 0 Å². The van der Waals surface area contributed by atoms with Crippen molar-refractivity contribution in [2.75, 3.05) is 5.32 Å². The molecule has 4 heteroatoms. The van der Waals surface area contributed by atoms with Crippen LogP contribution < -0.4 is 5.32 Å². The van der Waals surface area contributed by atoms with Gasteiger partial charge in [-0.15, -0.1) is 11.3 Å². The predicted molar refractivity (Wildman–Crippen MR) is 82.0 cm³/mol. The maximum absolute atomic E-state index is 10.9. The van der Waals surface area contributed by atoms with E-state index >= 15 is 0 Å². The highest BCUT2D eigenvalue weighted by molar-refractivity contribution is 7.23. The third-order valence-corrected chi connectivity index (χ3v) is 4.42. The Balaban J connectivity index is 2.33. The molecular formula is C15H10ClNOS. The maximum atomic E-state index is 10.9. The van der Waals surface area contributed by atoms with Crippen LogP contribution in [0.5, 0.6) is 0 Å². The fourth-order valence-electron chi connectivity index (χ4n) is 2.10. The molecule has 0 aliphatic rings. The molecule has 1 aromatic heterocycles. The highest BCUT2D eigenvalue weighted by atomic mass is 35.5. The zero-order valence-electron chi connectivity index (χ0n) is 9.89. The van der Waals surface area contributed by atoms with Crippen LogP contribution in [-0.2, 0) is 4.79 Å². The van der Waals surface area contributed by atoms with E-state index in [1.54, 1.807) is 11.3 Å². The smallest absolute Gasteiger partial charge is 0.211 e. The Hall–Kier alpha value is -1.84. The monoisotopic (exact) mass is 287 g/mol. The van der Waals surface area contributed by atoms with E-state index in [0.717, 1.165) is 26.2 Å². The van der Waals surface area contributed by atoms with Crippen LogP contribution in [-0.4, -0.2) is 6.41 Å². The van der Waals surface area contributed by atoms with Gasteiger partial charge in [0.1, 0.15) is 0 Å². The summed E-state index contributed by atoms with van der Waals surface area (Å²) in [4.78, 5) is 11.9. The predicted octanol–water partition coefficient (Wildman–Crippen LogP) is 4.79. The van der Waals surface area contributed by atoms with E-state index in [4.69, 9.17) is 11.6 Å². The molecule has 1 amide bonds. The number of rotatable bonds is 3. The summed E-state index contributed by atoms with van der Waals surface area (Å²) in [5.41, 5.74) is 1.86. The van der Waals surface area contributed by atoms with Crippen LogP contribution in [0.4, 0.5) is 5.69 Å². The molecule has 0 spiro atoms. The molecule has 0 radical (unpaired) electrons. The van der Waals surface area contributed by atoms with Gasteiger partial charge in [0.05, 0.1) is 15.6 Å². The van der Waals surface area contributed by atoms with Crippen LogP contribution in [0.15, 0.2) is 48.5 Å². The second-order valence-corrected chi connectivity index (χ2v) is 5.51. The normalized spacial score (nSPS) is 10.6. The van der Waals surface area contributed by atoms with Gasteiger partial charge >= 0.3 is 0 Å². The Kier molecular flexibility index (Phi) is 3.23. The first-order chi connectivity index (χ1) is 9.31. The number of carbonyl (C=O) groups excluding carboxylic acids is 1. The molecule has 1 heterocycles. The van der Waals surface area contributed by atoms with Crippen molar-refractivity contribution in [3.05, 3.63) is 53.6 Å². The third kappa shape index (κ3) is 2.11. The number of benzene rings is 2. The van der Waals surface area contributed by atoms with Gasteiger partial charge in [-0.25, -0.2) is 0 Å². The van der Waals surface area contributed by atoms with Gasteiger partial charge in [0.15, 0.2) is 0 Å². The van der Waals surface area contributed by atoms with Crippen molar-refractivity contribution < 1.29 is 4.79 Å². The largest absolute Gasteiger partial charge is 0.327 e. The summed E-state index contributed by atoms with van der Waals surface area (Å²) in [6, 6.07) is 15.7. The van der Waals surface area contributed by atoms with Crippen LogP contribution in [0.1, 0.15) is 0 Å². The topological polar surface area (TPSA) is 29.1 Å². The van der Waals surface area contributed by atoms with Crippen molar-refractivity contribution >= 4 is 45.1 Å². The molecule has 0 saturated heterocycles. The van der Waals surface area contributed by atoms with Gasteiger partial charge in [-0.1, -0.05) is 48.0 Å². The molecular weight excluding hydrogens is 278 g/mol. The van der Waals surface area contributed by atoms with Crippen LogP contribution >= 0.6 is 22.9 Å². The van der Waals surface area contributed by atoms with Gasteiger partial charge in [0.2, 0.25) is 6.41 Å². The SMILES string of the molecule is O=CNc1c(-c2ccccc2)sc2cccc(Cl)c12. The molecule has 0 aliphatic carbocycles. The van der Waals surface area contributed by atoms with E-state index in [-0.39, 0.29) is 0 Å². The number of nitrogens with one attached hydrogen (secondary N) is 1. The Morgan fingerprint density at radius 3 is 2.58 bits per heavy atom. The molecule has 19 heavy (non-hydrogen) atoms. The lowest BCUT2D eigenvalue weighted by atomic mass is 10.1. The van der Waals surface area contributed by atoms with Crippen LogP contribution in [0.3, 0.4) is 0 Å². The Morgan fingerprint density at radius 1 is 1.05 bits per heavy atom. The quantitative estimate of drug-likeness (QED) is 0.690. The van der Waals surface area contributed by atoms with Crippen molar-refractivity contribution in [3.8, 4) is 10.4 Å². The second-order valence-electron chi connectivity index (χ2n) is 4.05. The van der Waals surface area contributed by atoms with Gasteiger partial charge in [0, 0.05) is 10.1 Å². The lowest BCUT2D eigenvalue weighted by Gasteiger charge is -2.03. The summed E-state index contributed by atoms with van der Waals surface area (Å²) in [5, 5.41) is 4.34. The van der Waals surface area contributed by atoms with Crippen LogP contribution in [0.2, 0.25) is 5.02 Å². The number of anilines is 1. The average Bonchev–Trinajstić information content (AvgIpc) is 2.81. The number of thiophene rings is 1. The molecule has 0 aliphatic heterocycles. The number of hydrogen-bond acceptors (Lipinski definition) is 2. The first-order valence-corrected chi connectivity index (χ1v) is 6.97. The van der Waals surface area contributed by atoms with E-state index in [0.29, 0.717) is 11.4 Å². The van der Waals surface area contributed by atoms with Gasteiger partial charge in [0.25, 0.3) is 0 Å². The molecule has 2 nitrogen and oxygen atoms in total. The number of hydrogen-bond donors (Lipinski definition) is 1. The molecule has 0 bridgehead atoms. The number of halogens is 1. The highest BCUT2D eigenvalue weighted by Gasteiger charge is 2.15. The van der Waals surface area contributed by atoms with E-state index in [1.165, 1.54) is 0 Å². The van der Waals surface area contributed by atoms with Gasteiger partial charge < -0.3 is 5.32 Å². The van der Waals surface area contributed by atoms with E-state index in [1.807, 2.05) is 48.5 Å². The number of fused-ring (bicyclic) bond motifs is 1. The molecule has 2 aromatic carbocycles. The van der Waals surface area contributed by atoms with Crippen molar-refractivity contribution in [1.82, 2.24) is 0 Å². The molecule has 3 rings (SSSR count). The summed E-state index contributed by atoms with van der Waals surface area (Å²) in [6.45, 7) is 0. The fraction of sp³-hybridized carbons (Fsp3) is 0. The summed E-state index contributed by atoms with van der Waals surface area (Å²) in [6.07, 6.45) is 0.692. The summed E-state index contributed by atoms with van der Waals surface area (Å²) in [7, 11) is 0. The summed E-state index contributed by atoms with van der Waals surface area (Å²) >= 11 is 7.87. The maximum Gasteiger partial charge on any atom is 0.211 e. The minimum absolute atomic E-state index is 0.653. The Bertz CT molecular complexity index is 736. The number of amides is 1. The second kappa shape index (κ2) is 5.03. The Labute approximate surface area is 119 Å². The minimum Gasteiger partial charge on any atom is -0.327 e. The molecule has 0 unspecified atom stereocenters. The standard InChI is InChI=1S/C15H10ClNOS/c16-11-7-4-8-12-13(11)14(17-9-18)15(19-12)10-5-2-1-3-6-10/h1-9H,(H,17,18). The molecule has 1 N–H and O–H groups in total. The van der Waals surface area contributed by atoms with Crippen LogP contribution in [0.25, 0.3) is 20.5 Å². The van der Waals surface area contributed by atoms with E-state index in [2.05, 4.69) is 5.32 Å². The first kappa shape index (κ1) is 12.2. The van der Waals surface area contributed by atoms with E-state index in [9.17, 15) is 4.79 Å². The molecule has 3 aromatic rings. The summed E-state index contributed by atoms with van der Waals surface area (Å²) in [5.74, 6) is 0. The molecule has 0 saturated carbocycles. The molecule has 0 atom stereocenters. The number of carbonyl (C=O) groups is 1. The zero-order chi connectivity index (χ0) is 13.2. The lowest BCUT2D eigenvalue weighted by molar-refractivity contribution is -0.105. The molecule has 0 fully saturated rings. The lowest BCUT2D eigenvalue weighted by Crippen LogP contribution is -1.94. The minimum atomic E-state index is 0.653. The van der Waals surface area contributed by atoms with Gasteiger partial charge in [-0.05, 0) is 17.7 Å².